The van der Waals surface area contributed by atoms with E-state index in [0.29, 0.717) is 25.9 Å². The third-order valence-electron chi connectivity index (χ3n) is 6.23. The van der Waals surface area contributed by atoms with Crippen LogP contribution in [-0.2, 0) is 17.9 Å². The molecule has 3 N–H and O–H groups in total. The van der Waals surface area contributed by atoms with Crippen molar-refractivity contribution in [3.8, 4) is 0 Å². The maximum Gasteiger partial charge on any atom is 0.315 e. The minimum absolute atomic E-state index is 0.122. The Hall–Kier alpha value is -3.09. The molecule has 164 valence electrons. The summed E-state index contributed by atoms with van der Waals surface area (Å²) >= 11 is 0. The molecule has 2 aromatic rings. The highest BCUT2D eigenvalue weighted by molar-refractivity contribution is 5.91. The molecule has 2 fully saturated rings. The van der Waals surface area contributed by atoms with E-state index in [0.717, 1.165) is 42.9 Å². The first kappa shape index (κ1) is 21.2. The molecule has 1 saturated heterocycles. The van der Waals surface area contributed by atoms with Gasteiger partial charge in [0.25, 0.3) is 0 Å². The summed E-state index contributed by atoms with van der Waals surface area (Å²) in [5.74, 6) is 0.875. The summed E-state index contributed by atoms with van der Waals surface area (Å²) in [6, 6.07) is 13.5. The van der Waals surface area contributed by atoms with Crippen LogP contribution in [0.25, 0.3) is 0 Å². The Morgan fingerprint density at radius 1 is 0.871 bits per heavy atom. The summed E-state index contributed by atoms with van der Waals surface area (Å²) in [6.45, 7) is 2.95. The number of amides is 3. The summed E-state index contributed by atoms with van der Waals surface area (Å²) in [4.78, 5) is 32.4. The Labute approximate surface area is 183 Å². The van der Waals surface area contributed by atoms with Crippen molar-refractivity contribution in [3.63, 3.8) is 0 Å². The number of benzene rings is 1. The monoisotopic (exact) mass is 421 g/mol. The third-order valence-corrected chi connectivity index (χ3v) is 6.23. The molecular formula is C24H31N5O2. The minimum atomic E-state index is -0.844. The number of urea groups is 1. The number of carbonyl (C=O) groups is 2. The molecule has 1 aromatic carbocycles. The van der Waals surface area contributed by atoms with Crippen molar-refractivity contribution < 1.29 is 9.59 Å². The van der Waals surface area contributed by atoms with Crippen molar-refractivity contribution in [2.45, 2.75) is 57.2 Å². The zero-order chi connectivity index (χ0) is 21.5. The fraction of sp³-hybridized carbons (Fsp3) is 0.458. The van der Waals surface area contributed by atoms with Crippen molar-refractivity contribution in [3.05, 3.63) is 59.8 Å². The summed E-state index contributed by atoms with van der Waals surface area (Å²) < 4.78 is 0. The van der Waals surface area contributed by atoms with E-state index in [-0.39, 0.29) is 11.9 Å². The van der Waals surface area contributed by atoms with Gasteiger partial charge in [-0.3, -0.25) is 4.79 Å². The van der Waals surface area contributed by atoms with Gasteiger partial charge in [-0.05, 0) is 42.9 Å². The van der Waals surface area contributed by atoms with Crippen molar-refractivity contribution in [1.82, 2.24) is 20.9 Å². The first-order valence-electron chi connectivity index (χ1n) is 11.2. The molecule has 3 amide bonds. The van der Waals surface area contributed by atoms with E-state index in [1.807, 2.05) is 48.7 Å². The standard InChI is InChI=1S/C24H31N5O2/c30-22(26-18-20-10-11-21(25-17-20)29-14-6-7-15-29)24(12-4-5-13-24)28-23(31)27-16-19-8-2-1-3-9-19/h1-3,8-11,17H,4-7,12-16,18H2,(H,26,30)(H2,27,28,31). The molecule has 0 unspecified atom stereocenters. The summed E-state index contributed by atoms with van der Waals surface area (Å²) in [5.41, 5.74) is 1.13. The number of anilines is 1. The van der Waals surface area contributed by atoms with Crippen molar-refractivity contribution >= 4 is 17.8 Å². The van der Waals surface area contributed by atoms with Crippen LogP contribution in [0.4, 0.5) is 10.6 Å². The fourth-order valence-corrected chi connectivity index (χ4v) is 4.43. The third kappa shape index (κ3) is 5.34. The van der Waals surface area contributed by atoms with E-state index < -0.39 is 5.54 Å². The molecule has 31 heavy (non-hydrogen) atoms. The van der Waals surface area contributed by atoms with Crippen LogP contribution in [0.5, 0.6) is 0 Å². The lowest BCUT2D eigenvalue weighted by atomic mass is 9.96. The van der Waals surface area contributed by atoms with Crippen LogP contribution in [0.3, 0.4) is 0 Å². The van der Waals surface area contributed by atoms with Gasteiger partial charge in [-0.1, -0.05) is 49.2 Å². The summed E-state index contributed by atoms with van der Waals surface area (Å²) in [6.07, 6.45) is 7.43. The summed E-state index contributed by atoms with van der Waals surface area (Å²) in [7, 11) is 0. The Morgan fingerprint density at radius 3 is 2.26 bits per heavy atom. The predicted octanol–water partition coefficient (Wildman–Crippen LogP) is 3.11. The second kappa shape index (κ2) is 9.81. The fourth-order valence-electron chi connectivity index (χ4n) is 4.43. The number of pyridine rings is 1. The topological polar surface area (TPSA) is 86.4 Å². The van der Waals surface area contributed by atoms with Crippen LogP contribution < -0.4 is 20.9 Å². The SMILES string of the molecule is O=C(NCc1ccccc1)NC1(C(=O)NCc2ccc(N3CCCC3)nc2)CCCC1. The van der Waals surface area contributed by atoms with Gasteiger partial charge in [0.2, 0.25) is 5.91 Å². The Balaban J connectivity index is 1.30. The highest BCUT2D eigenvalue weighted by Crippen LogP contribution is 2.30. The molecule has 0 spiro atoms. The molecule has 2 heterocycles. The van der Waals surface area contributed by atoms with Crippen molar-refractivity contribution in [2.75, 3.05) is 18.0 Å². The van der Waals surface area contributed by atoms with Gasteiger partial charge in [0.05, 0.1) is 0 Å². The van der Waals surface area contributed by atoms with E-state index in [2.05, 4.69) is 25.8 Å². The minimum Gasteiger partial charge on any atom is -0.357 e. The van der Waals surface area contributed by atoms with Gasteiger partial charge in [0, 0.05) is 32.4 Å². The van der Waals surface area contributed by atoms with Crippen LogP contribution >= 0.6 is 0 Å². The van der Waals surface area contributed by atoms with E-state index in [1.54, 1.807) is 0 Å². The number of nitrogens with one attached hydrogen (secondary N) is 3. The van der Waals surface area contributed by atoms with E-state index in [4.69, 9.17) is 0 Å². The highest BCUT2D eigenvalue weighted by atomic mass is 16.2. The number of nitrogens with zero attached hydrogens (tertiary/aromatic N) is 2. The predicted molar refractivity (Wildman–Crippen MR) is 121 cm³/mol. The van der Waals surface area contributed by atoms with Crippen LogP contribution in [0.15, 0.2) is 48.7 Å². The number of carbonyl (C=O) groups excluding carboxylic acids is 2. The van der Waals surface area contributed by atoms with Gasteiger partial charge >= 0.3 is 6.03 Å². The molecule has 2 aliphatic rings. The molecule has 1 aromatic heterocycles. The van der Waals surface area contributed by atoms with E-state index in [1.165, 1.54) is 12.8 Å². The lowest BCUT2D eigenvalue weighted by molar-refractivity contribution is -0.127. The number of aromatic nitrogens is 1. The maximum atomic E-state index is 13.0. The van der Waals surface area contributed by atoms with Crippen LogP contribution in [-0.4, -0.2) is 35.6 Å². The average Bonchev–Trinajstić information content (AvgIpc) is 3.50. The average molecular weight is 422 g/mol. The molecule has 1 aliphatic carbocycles. The van der Waals surface area contributed by atoms with Gasteiger partial charge in [-0.2, -0.15) is 0 Å². The highest BCUT2D eigenvalue weighted by Gasteiger charge is 2.42. The molecule has 7 nitrogen and oxygen atoms in total. The Morgan fingerprint density at radius 2 is 1.58 bits per heavy atom. The van der Waals surface area contributed by atoms with E-state index in [9.17, 15) is 9.59 Å². The molecule has 0 bridgehead atoms. The van der Waals surface area contributed by atoms with Crippen LogP contribution in [0, 0.1) is 0 Å². The zero-order valence-electron chi connectivity index (χ0n) is 17.9. The Bertz CT molecular complexity index is 873. The van der Waals surface area contributed by atoms with Crippen LogP contribution in [0.1, 0.15) is 49.7 Å². The molecule has 0 radical (unpaired) electrons. The number of rotatable bonds is 7. The smallest absolute Gasteiger partial charge is 0.315 e. The zero-order valence-corrected chi connectivity index (χ0v) is 17.9. The normalized spacial score (nSPS) is 17.4. The number of hydrogen-bond donors (Lipinski definition) is 3. The second-order valence-corrected chi connectivity index (χ2v) is 8.48. The molecule has 1 saturated carbocycles. The first-order chi connectivity index (χ1) is 15.1. The molecule has 1 aliphatic heterocycles. The van der Waals surface area contributed by atoms with Gasteiger partial charge < -0.3 is 20.9 Å². The van der Waals surface area contributed by atoms with Crippen LogP contribution in [0.2, 0.25) is 0 Å². The molecule has 0 atom stereocenters. The van der Waals surface area contributed by atoms with Gasteiger partial charge in [-0.15, -0.1) is 0 Å². The largest absolute Gasteiger partial charge is 0.357 e. The maximum absolute atomic E-state index is 13.0. The first-order valence-corrected chi connectivity index (χ1v) is 11.2. The lowest BCUT2D eigenvalue weighted by Gasteiger charge is -2.29. The van der Waals surface area contributed by atoms with Crippen molar-refractivity contribution in [2.24, 2.45) is 0 Å². The molecular weight excluding hydrogens is 390 g/mol. The van der Waals surface area contributed by atoms with E-state index >= 15 is 0 Å². The Kier molecular flexibility index (Phi) is 6.70. The lowest BCUT2D eigenvalue weighted by Crippen LogP contribution is -2.59. The number of hydrogen-bond acceptors (Lipinski definition) is 4. The van der Waals surface area contributed by atoms with Gasteiger partial charge in [-0.25, -0.2) is 9.78 Å². The van der Waals surface area contributed by atoms with Gasteiger partial charge in [0.15, 0.2) is 0 Å². The van der Waals surface area contributed by atoms with Gasteiger partial charge in [0.1, 0.15) is 11.4 Å². The quantitative estimate of drug-likeness (QED) is 0.641. The molecule has 4 rings (SSSR count). The molecule has 7 heteroatoms. The summed E-state index contributed by atoms with van der Waals surface area (Å²) in [5, 5.41) is 8.84. The second-order valence-electron chi connectivity index (χ2n) is 8.48. The van der Waals surface area contributed by atoms with Crippen molar-refractivity contribution in [1.29, 1.82) is 0 Å².